The zero-order valence-electron chi connectivity index (χ0n) is 10.9. The Morgan fingerprint density at radius 2 is 2.15 bits per heavy atom. The van der Waals surface area contributed by atoms with E-state index in [9.17, 15) is 9.59 Å². The van der Waals surface area contributed by atoms with Crippen molar-refractivity contribution in [1.29, 1.82) is 0 Å². The molecule has 0 bridgehead atoms. The summed E-state index contributed by atoms with van der Waals surface area (Å²) in [5, 5.41) is 3.49. The number of benzene rings is 1. The lowest BCUT2D eigenvalue weighted by Gasteiger charge is -2.09. The van der Waals surface area contributed by atoms with E-state index >= 15 is 0 Å². The van der Waals surface area contributed by atoms with E-state index in [0.717, 1.165) is 0 Å². The van der Waals surface area contributed by atoms with Crippen LogP contribution in [0.1, 0.15) is 33.3 Å². The number of carbonyl (C=O) groups excluding carboxylic acids is 2. The Labute approximate surface area is 121 Å². The van der Waals surface area contributed by atoms with Gasteiger partial charge in [0.05, 0.1) is 5.56 Å². The molecule has 1 heterocycles. The zero-order valence-corrected chi connectivity index (χ0v) is 11.6. The van der Waals surface area contributed by atoms with Gasteiger partial charge in [0.1, 0.15) is 11.5 Å². The van der Waals surface area contributed by atoms with Crippen molar-refractivity contribution in [3.63, 3.8) is 0 Å². The van der Waals surface area contributed by atoms with E-state index in [2.05, 4.69) is 10.3 Å². The minimum Gasteiger partial charge on any atom is -0.370 e. The van der Waals surface area contributed by atoms with Crippen molar-refractivity contribution >= 4 is 29.5 Å². The summed E-state index contributed by atoms with van der Waals surface area (Å²) < 4.78 is 0. The predicted octanol–water partition coefficient (Wildman–Crippen LogP) is 3.21. The molecule has 0 aliphatic carbocycles. The molecule has 0 aliphatic rings. The number of aldehydes is 1. The van der Waals surface area contributed by atoms with Crippen LogP contribution >= 0.6 is 11.6 Å². The number of nitrogens with zero attached hydrogens (tertiary/aromatic N) is 1. The molecule has 0 radical (unpaired) electrons. The smallest absolute Gasteiger partial charge is 0.196 e. The van der Waals surface area contributed by atoms with E-state index < -0.39 is 0 Å². The normalized spacial score (nSPS) is 10.1. The predicted molar refractivity (Wildman–Crippen MR) is 78.7 cm³/mol. The monoisotopic (exact) mass is 288 g/mol. The molecule has 0 amide bonds. The summed E-state index contributed by atoms with van der Waals surface area (Å²) in [5.41, 5.74) is 1.18. The van der Waals surface area contributed by atoms with Crippen LogP contribution in [0.4, 0.5) is 5.82 Å². The van der Waals surface area contributed by atoms with Crippen molar-refractivity contribution in [2.24, 2.45) is 0 Å². The van der Waals surface area contributed by atoms with E-state index in [-0.39, 0.29) is 11.5 Å². The second-order valence-electron chi connectivity index (χ2n) is 4.12. The third kappa shape index (κ3) is 3.03. The number of anilines is 1. The number of halogens is 1. The van der Waals surface area contributed by atoms with Gasteiger partial charge in [-0.05, 0) is 31.2 Å². The number of pyridine rings is 1. The van der Waals surface area contributed by atoms with Crippen LogP contribution in [0.25, 0.3) is 0 Å². The van der Waals surface area contributed by atoms with Gasteiger partial charge in [-0.25, -0.2) is 4.98 Å². The average molecular weight is 289 g/mol. The van der Waals surface area contributed by atoms with Gasteiger partial charge in [-0.3, -0.25) is 9.59 Å². The first kappa shape index (κ1) is 14.2. The highest BCUT2D eigenvalue weighted by molar-refractivity contribution is 6.31. The Morgan fingerprint density at radius 3 is 2.80 bits per heavy atom. The highest BCUT2D eigenvalue weighted by Gasteiger charge is 2.15. The van der Waals surface area contributed by atoms with E-state index in [1.165, 1.54) is 6.07 Å². The van der Waals surface area contributed by atoms with E-state index in [4.69, 9.17) is 11.6 Å². The van der Waals surface area contributed by atoms with Crippen LogP contribution in [0.15, 0.2) is 36.4 Å². The molecule has 5 heteroatoms. The van der Waals surface area contributed by atoms with Crippen LogP contribution in [0.2, 0.25) is 5.02 Å². The fourth-order valence-corrected chi connectivity index (χ4v) is 2.00. The molecule has 0 fully saturated rings. The molecule has 1 N–H and O–H groups in total. The molecule has 0 unspecified atom stereocenters. The SMILES string of the molecule is CCNc1nc(C=O)ccc1C(=O)c1cccc(Cl)c1. The van der Waals surface area contributed by atoms with Crippen LogP contribution in [0.5, 0.6) is 0 Å². The van der Waals surface area contributed by atoms with Crippen molar-refractivity contribution in [1.82, 2.24) is 4.98 Å². The lowest BCUT2D eigenvalue weighted by molar-refractivity contribution is 0.103. The van der Waals surface area contributed by atoms with E-state index in [1.54, 1.807) is 30.3 Å². The molecule has 2 aromatic rings. The lowest BCUT2D eigenvalue weighted by Crippen LogP contribution is -2.10. The van der Waals surface area contributed by atoms with Gasteiger partial charge in [-0.15, -0.1) is 0 Å². The third-order valence-electron chi connectivity index (χ3n) is 2.71. The van der Waals surface area contributed by atoms with Gasteiger partial charge in [-0.2, -0.15) is 0 Å². The summed E-state index contributed by atoms with van der Waals surface area (Å²) in [6.07, 6.45) is 0.647. The topological polar surface area (TPSA) is 59.1 Å². The maximum atomic E-state index is 12.5. The summed E-state index contributed by atoms with van der Waals surface area (Å²) in [4.78, 5) is 27.3. The molecule has 0 saturated carbocycles. The molecule has 0 atom stereocenters. The first-order chi connectivity index (χ1) is 9.65. The number of ketones is 1. The maximum Gasteiger partial charge on any atom is 0.196 e. The fourth-order valence-electron chi connectivity index (χ4n) is 1.81. The molecular formula is C15H13ClN2O2. The average Bonchev–Trinajstić information content (AvgIpc) is 2.47. The van der Waals surface area contributed by atoms with E-state index in [0.29, 0.717) is 34.8 Å². The Bertz CT molecular complexity index is 656. The fraction of sp³-hybridized carbons (Fsp3) is 0.133. The standard InChI is InChI=1S/C15H13ClN2O2/c1-2-17-15-13(7-6-12(9-19)18-15)14(20)10-4-3-5-11(16)8-10/h3-9H,2H2,1H3,(H,17,18). The number of hydrogen-bond donors (Lipinski definition) is 1. The van der Waals surface area contributed by atoms with Crippen LogP contribution in [0.3, 0.4) is 0 Å². The van der Waals surface area contributed by atoms with Crippen molar-refractivity contribution in [3.05, 3.63) is 58.2 Å². The number of carbonyl (C=O) groups is 2. The zero-order chi connectivity index (χ0) is 14.5. The number of rotatable bonds is 5. The number of nitrogens with one attached hydrogen (secondary N) is 1. The maximum absolute atomic E-state index is 12.5. The molecule has 102 valence electrons. The Morgan fingerprint density at radius 1 is 1.35 bits per heavy atom. The van der Waals surface area contributed by atoms with Gasteiger partial charge in [0.2, 0.25) is 0 Å². The van der Waals surface area contributed by atoms with Gasteiger partial charge < -0.3 is 5.32 Å². The summed E-state index contributed by atoms with van der Waals surface area (Å²) in [6, 6.07) is 9.83. The molecule has 0 aliphatic heterocycles. The summed E-state index contributed by atoms with van der Waals surface area (Å²) in [7, 11) is 0. The Balaban J connectivity index is 2.45. The Kier molecular flexibility index (Phi) is 4.48. The number of aromatic nitrogens is 1. The summed E-state index contributed by atoms with van der Waals surface area (Å²) >= 11 is 5.90. The van der Waals surface area contributed by atoms with E-state index in [1.807, 2.05) is 6.92 Å². The minimum atomic E-state index is -0.187. The minimum absolute atomic E-state index is 0.187. The molecule has 2 rings (SSSR count). The lowest BCUT2D eigenvalue weighted by atomic mass is 10.0. The van der Waals surface area contributed by atoms with Crippen LogP contribution < -0.4 is 5.32 Å². The van der Waals surface area contributed by atoms with Crippen molar-refractivity contribution < 1.29 is 9.59 Å². The molecule has 0 spiro atoms. The quantitative estimate of drug-likeness (QED) is 0.678. The second kappa shape index (κ2) is 6.30. The van der Waals surface area contributed by atoms with Gasteiger partial charge in [0, 0.05) is 17.1 Å². The molecular weight excluding hydrogens is 276 g/mol. The number of hydrogen-bond acceptors (Lipinski definition) is 4. The van der Waals surface area contributed by atoms with Gasteiger partial charge in [0.25, 0.3) is 0 Å². The van der Waals surface area contributed by atoms with Gasteiger partial charge >= 0.3 is 0 Å². The molecule has 20 heavy (non-hydrogen) atoms. The highest BCUT2D eigenvalue weighted by atomic mass is 35.5. The molecule has 1 aromatic heterocycles. The summed E-state index contributed by atoms with van der Waals surface area (Å²) in [5.74, 6) is 0.218. The first-order valence-corrected chi connectivity index (χ1v) is 6.54. The van der Waals surface area contributed by atoms with Crippen molar-refractivity contribution in [2.45, 2.75) is 6.92 Å². The molecule has 1 aromatic carbocycles. The summed E-state index contributed by atoms with van der Waals surface area (Å²) in [6.45, 7) is 2.49. The van der Waals surface area contributed by atoms with Crippen LogP contribution in [-0.2, 0) is 0 Å². The van der Waals surface area contributed by atoms with Crippen molar-refractivity contribution in [2.75, 3.05) is 11.9 Å². The second-order valence-corrected chi connectivity index (χ2v) is 4.56. The van der Waals surface area contributed by atoms with Gasteiger partial charge in [-0.1, -0.05) is 23.7 Å². The molecule has 0 saturated heterocycles. The largest absolute Gasteiger partial charge is 0.370 e. The van der Waals surface area contributed by atoms with Gasteiger partial charge in [0.15, 0.2) is 12.1 Å². The van der Waals surface area contributed by atoms with Crippen molar-refractivity contribution in [3.8, 4) is 0 Å². The first-order valence-electron chi connectivity index (χ1n) is 6.16. The third-order valence-corrected chi connectivity index (χ3v) is 2.95. The molecule has 4 nitrogen and oxygen atoms in total. The highest BCUT2D eigenvalue weighted by Crippen LogP contribution is 2.20. The van der Waals surface area contributed by atoms with Crippen LogP contribution in [0, 0.1) is 0 Å². The van der Waals surface area contributed by atoms with Crippen LogP contribution in [-0.4, -0.2) is 23.6 Å². The Hall–Kier alpha value is -2.20.